The molecule has 26 heavy (non-hydrogen) atoms. The van der Waals surface area contributed by atoms with E-state index in [-0.39, 0.29) is 5.82 Å². The topological polar surface area (TPSA) is 33.4 Å². The van der Waals surface area contributed by atoms with Crippen LogP contribution in [0.3, 0.4) is 0 Å². The summed E-state index contributed by atoms with van der Waals surface area (Å²) in [5, 5.41) is 4.77. The summed E-state index contributed by atoms with van der Waals surface area (Å²) < 4.78 is 15.4. The highest BCUT2D eigenvalue weighted by atomic mass is 19.1. The Labute approximate surface area is 152 Å². The minimum absolute atomic E-state index is 0.222. The molecular formula is C21H23FN4. The molecule has 1 aliphatic heterocycles. The number of likely N-dealkylation sites (tertiary alicyclic amines) is 1. The number of aromatic nitrogens is 3. The SMILES string of the molecule is Fc1cccc(-c2ccc3nc([C@@H]4CCCN(C5CCC5)C4)nn3c2)c1. The van der Waals surface area contributed by atoms with Crippen LogP contribution >= 0.6 is 0 Å². The fraction of sp³-hybridized carbons (Fsp3) is 0.429. The van der Waals surface area contributed by atoms with Gasteiger partial charge >= 0.3 is 0 Å². The lowest BCUT2D eigenvalue weighted by atomic mass is 9.87. The zero-order valence-corrected chi connectivity index (χ0v) is 14.8. The summed E-state index contributed by atoms with van der Waals surface area (Å²) in [5.74, 6) is 1.15. The molecule has 1 aromatic carbocycles. The molecule has 2 aliphatic rings. The van der Waals surface area contributed by atoms with E-state index in [4.69, 9.17) is 10.1 Å². The van der Waals surface area contributed by atoms with E-state index < -0.39 is 0 Å². The summed E-state index contributed by atoms with van der Waals surface area (Å²) in [4.78, 5) is 7.42. The second-order valence-corrected chi connectivity index (χ2v) is 7.62. The lowest BCUT2D eigenvalue weighted by molar-refractivity contribution is 0.0929. The Morgan fingerprint density at radius 3 is 2.73 bits per heavy atom. The van der Waals surface area contributed by atoms with Crippen LogP contribution in [-0.2, 0) is 0 Å². The molecule has 2 fully saturated rings. The average Bonchev–Trinajstić information content (AvgIpc) is 3.04. The van der Waals surface area contributed by atoms with Crippen molar-refractivity contribution < 1.29 is 4.39 Å². The third-order valence-corrected chi connectivity index (χ3v) is 5.91. The van der Waals surface area contributed by atoms with Crippen molar-refractivity contribution >= 4 is 5.65 Å². The van der Waals surface area contributed by atoms with Crippen molar-refractivity contribution in [2.45, 2.75) is 44.1 Å². The first kappa shape index (κ1) is 15.9. The van der Waals surface area contributed by atoms with Crippen LogP contribution < -0.4 is 0 Å². The van der Waals surface area contributed by atoms with Crippen molar-refractivity contribution in [2.75, 3.05) is 13.1 Å². The van der Waals surface area contributed by atoms with Crippen LogP contribution in [0.25, 0.3) is 16.8 Å². The molecule has 0 unspecified atom stereocenters. The minimum Gasteiger partial charge on any atom is -0.300 e. The first-order valence-corrected chi connectivity index (χ1v) is 9.62. The third-order valence-electron chi connectivity index (χ3n) is 5.91. The average molecular weight is 350 g/mol. The fourth-order valence-electron chi connectivity index (χ4n) is 4.21. The molecule has 0 N–H and O–H groups in total. The zero-order valence-electron chi connectivity index (χ0n) is 14.8. The van der Waals surface area contributed by atoms with Gasteiger partial charge in [0.05, 0.1) is 0 Å². The van der Waals surface area contributed by atoms with E-state index >= 15 is 0 Å². The number of pyridine rings is 1. The number of hydrogen-bond donors (Lipinski definition) is 0. The van der Waals surface area contributed by atoms with Crippen molar-refractivity contribution in [1.82, 2.24) is 19.5 Å². The van der Waals surface area contributed by atoms with Gasteiger partial charge in [-0.1, -0.05) is 18.6 Å². The van der Waals surface area contributed by atoms with Crippen LogP contribution in [0.2, 0.25) is 0 Å². The molecular weight excluding hydrogens is 327 g/mol. The van der Waals surface area contributed by atoms with Crippen molar-refractivity contribution in [1.29, 1.82) is 0 Å². The maximum Gasteiger partial charge on any atom is 0.156 e. The Hall–Kier alpha value is -2.27. The largest absolute Gasteiger partial charge is 0.300 e. The molecule has 5 heteroatoms. The Kier molecular flexibility index (Phi) is 3.97. The van der Waals surface area contributed by atoms with E-state index in [1.807, 2.05) is 28.9 Å². The second kappa shape index (κ2) is 6.47. The van der Waals surface area contributed by atoms with Crippen LogP contribution in [0.15, 0.2) is 42.6 Å². The summed E-state index contributed by atoms with van der Waals surface area (Å²) in [5.41, 5.74) is 2.67. The predicted octanol–water partition coefficient (Wildman–Crippen LogP) is 4.27. The molecule has 5 rings (SSSR count). The highest BCUT2D eigenvalue weighted by molar-refractivity contribution is 5.64. The molecule has 0 amide bonds. The number of rotatable bonds is 3. The molecule has 1 saturated carbocycles. The highest BCUT2D eigenvalue weighted by Gasteiger charge is 2.31. The van der Waals surface area contributed by atoms with Gasteiger partial charge < -0.3 is 0 Å². The van der Waals surface area contributed by atoms with E-state index in [0.29, 0.717) is 5.92 Å². The van der Waals surface area contributed by atoms with Gasteiger partial charge in [0.2, 0.25) is 0 Å². The maximum atomic E-state index is 13.5. The number of nitrogens with zero attached hydrogens (tertiary/aromatic N) is 4. The third kappa shape index (κ3) is 2.90. The second-order valence-electron chi connectivity index (χ2n) is 7.62. The van der Waals surface area contributed by atoms with E-state index in [0.717, 1.165) is 41.6 Å². The van der Waals surface area contributed by atoms with Crippen molar-refractivity contribution in [3.8, 4) is 11.1 Å². The van der Waals surface area contributed by atoms with Crippen LogP contribution in [0.1, 0.15) is 43.8 Å². The van der Waals surface area contributed by atoms with Crippen LogP contribution in [0, 0.1) is 5.82 Å². The molecule has 0 bridgehead atoms. The molecule has 3 aromatic rings. The van der Waals surface area contributed by atoms with Crippen LogP contribution in [0.5, 0.6) is 0 Å². The lowest BCUT2D eigenvalue weighted by Gasteiger charge is -2.41. The molecule has 1 aliphatic carbocycles. The number of piperidine rings is 1. The highest BCUT2D eigenvalue weighted by Crippen LogP contribution is 2.32. The molecule has 134 valence electrons. The number of benzene rings is 1. The van der Waals surface area contributed by atoms with Crippen LogP contribution in [-0.4, -0.2) is 38.6 Å². The van der Waals surface area contributed by atoms with E-state index in [2.05, 4.69) is 4.90 Å². The van der Waals surface area contributed by atoms with Gasteiger partial charge in [-0.25, -0.2) is 13.9 Å². The van der Waals surface area contributed by atoms with Gasteiger partial charge in [-0.3, -0.25) is 4.90 Å². The normalized spacial score (nSPS) is 21.8. The first-order valence-electron chi connectivity index (χ1n) is 9.62. The minimum atomic E-state index is -0.222. The van der Waals surface area contributed by atoms with Crippen molar-refractivity contribution in [3.63, 3.8) is 0 Å². The van der Waals surface area contributed by atoms with Crippen molar-refractivity contribution in [2.24, 2.45) is 0 Å². The molecule has 4 nitrogen and oxygen atoms in total. The summed E-state index contributed by atoms with van der Waals surface area (Å²) in [6.07, 6.45) is 8.42. The Morgan fingerprint density at radius 2 is 1.92 bits per heavy atom. The molecule has 3 heterocycles. The quantitative estimate of drug-likeness (QED) is 0.707. The van der Waals surface area contributed by atoms with Gasteiger partial charge in [0.1, 0.15) is 5.82 Å². The van der Waals surface area contributed by atoms with Crippen LogP contribution in [0.4, 0.5) is 4.39 Å². The molecule has 0 spiro atoms. The summed E-state index contributed by atoms with van der Waals surface area (Å²) in [6.45, 7) is 2.30. The van der Waals surface area contributed by atoms with Gasteiger partial charge in [0, 0.05) is 30.3 Å². The smallest absolute Gasteiger partial charge is 0.156 e. The summed E-state index contributed by atoms with van der Waals surface area (Å²) in [7, 11) is 0. The molecule has 2 aromatic heterocycles. The molecule has 0 radical (unpaired) electrons. The monoisotopic (exact) mass is 350 g/mol. The lowest BCUT2D eigenvalue weighted by Crippen LogP contribution is -2.45. The molecule has 1 saturated heterocycles. The number of fused-ring (bicyclic) bond motifs is 1. The van der Waals surface area contributed by atoms with Gasteiger partial charge in [0.25, 0.3) is 0 Å². The summed E-state index contributed by atoms with van der Waals surface area (Å²) >= 11 is 0. The first-order chi connectivity index (χ1) is 12.8. The molecule has 1 atom stereocenters. The Morgan fingerprint density at radius 1 is 1.00 bits per heavy atom. The standard InChI is InChI=1S/C21H23FN4/c22-18-6-1-4-15(12-18)16-9-10-20-23-21(24-26(20)14-16)17-5-3-11-25(13-17)19-7-2-8-19/h1,4,6,9-10,12,14,17,19H,2-3,5,7-8,11,13H2/t17-/m1/s1. The number of halogens is 1. The zero-order chi connectivity index (χ0) is 17.5. The number of hydrogen-bond acceptors (Lipinski definition) is 3. The Bertz CT molecular complexity index is 931. The van der Waals surface area contributed by atoms with E-state index in [1.54, 1.807) is 12.1 Å². The Balaban J connectivity index is 1.42. The van der Waals surface area contributed by atoms with Gasteiger partial charge in [0.15, 0.2) is 11.5 Å². The van der Waals surface area contributed by atoms with Crippen molar-refractivity contribution in [3.05, 3.63) is 54.2 Å². The summed E-state index contributed by atoms with van der Waals surface area (Å²) in [6, 6.07) is 11.4. The fourth-order valence-corrected chi connectivity index (χ4v) is 4.21. The maximum absolute atomic E-state index is 13.5. The van der Waals surface area contributed by atoms with E-state index in [1.165, 1.54) is 38.3 Å². The van der Waals surface area contributed by atoms with Gasteiger partial charge in [-0.15, -0.1) is 0 Å². The predicted molar refractivity (Wildman–Crippen MR) is 99.6 cm³/mol. The van der Waals surface area contributed by atoms with Gasteiger partial charge in [-0.05, 0) is 62.1 Å². The van der Waals surface area contributed by atoms with E-state index in [9.17, 15) is 4.39 Å². The van der Waals surface area contributed by atoms with Gasteiger partial charge in [-0.2, -0.15) is 5.10 Å².